The summed E-state index contributed by atoms with van der Waals surface area (Å²) in [6.07, 6.45) is 2.58. The molecule has 0 aliphatic heterocycles. The second-order valence-corrected chi connectivity index (χ2v) is 7.05. The minimum atomic E-state index is -0.798. The van der Waals surface area contributed by atoms with Crippen LogP contribution in [0.15, 0.2) is 53.0 Å². The molecule has 0 saturated heterocycles. The molecule has 0 radical (unpaired) electrons. The molecule has 0 aliphatic carbocycles. The molecule has 5 heteroatoms. The van der Waals surface area contributed by atoms with Crippen molar-refractivity contribution in [1.82, 2.24) is 4.98 Å². The van der Waals surface area contributed by atoms with Crippen LogP contribution < -0.4 is 0 Å². The Balaban J connectivity index is 2.00. The van der Waals surface area contributed by atoms with Gasteiger partial charge in [0.15, 0.2) is 0 Å². The molecule has 0 spiro atoms. The van der Waals surface area contributed by atoms with Crippen LogP contribution in [-0.2, 0) is 4.79 Å². The zero-order chi connectivity index (χ0) is 16.2. The molecule has 3 rings (SSSR count). The minimum absolute atomic E-state index is 0.0955. The zero-order valence-electron chi connectivity index (χ0n) is 12.2. The fraction of sp³-hybridized carbons (Fsp3) is 0.111. The minimum Gasteiger partial charge on any atom is -0.481 e. The second kappa shape index (κ2) is 7.06. The molecular weight excluding hydrogens is 374 g/mol. The number of thiazole rings is 1. The number of hydrogen-bond acceptors (Lipinski definition) is 3. The Labute approximate surface area is 146 Å². The van der Waals surface area contributed by atoms with Gasteiger partial charge in [-0.3, -0.25) is 4.79 Å². The molecular formula is C18H14BrNO2S. The summed E-state index contributed by atoms with van der Waals surface area (Å²) in [5.74, 6) is -0.798. The average molecular weight is 388 g/mol. The molecule has 0 bridgehead atoms. The summed E-state index contributed by atoms with van der Waals surface area (Å²) in [5, 5.41) is 9.89. The van der Waals surface area contributed by atoms with E-state index in [1.165, 1.54) is 0 Å². The summed E-state index contributed by atoms with van der Waals surface area (Å²) in [7, 11) is 0. The summed E-state index contributed by atoms with van der Waals surface area (Å²) in [5.41, 5.74) is 2.94. The highest BCUT2D eigenvalue weighted by Gasteiger charge is 2.11. The predicted octanol–water partition coefficient (Wildman–Crippen LogP) is 5.46. The zero-order valence-corrected chi connectivity index (χ0v) is 14.6. The summed E-state index contributed by atoms with van der Waals surface area (Å²) in [6.45, 7) is 0. The first-order valence-corrected chi connectivity index (χ1v) is 8.76. The summed E-state index contributed by atoms with van der Waals surface area (Å²) in [6, 6.07) is 15.9. The van der Waals surface area contributed by atoms with Gasteiger partial charge in [0.05, 0.1) is 10.2 Å². The van der Waals surface area contributed by atoms with Gasteiger partial charge in [0.2, 0.25) is 0 Å². The van der Waals surface area contributed by atoms with E-state index in [0.717, 1.165) is 30.8 Å². The third kappa shape index (κ3) is 4.06. The molecule has 116 valence electrons. The lowest BCUT2D eigenvalue weighted by Crippen LogP contribution is -1.95. The number of benzene rings is 2. The van der Waals surface area contributed by atoms with Gasteiger partial charge in [0.1, 0.15) is 5.01 Å². The number of aromatic nitrogens is 1. The lowest BCUT2D eigenvalue weighted by atomic mass is 10.1. The van der Waals surface area contributed by atoms with Gasteiger partial charge in [0, 0.05) is 10.9 Å². The van der Waals surface area contributed by atoms with Crippen LogP contribution in [0.25, 0.3) is 21.9 Å². The van der Waals surface area contributed by atoms with Crippen LogP contribution >= 0.6 is 27.3 Å². The maximum atomic E-state index is 11.0. The quantitative estimate of drug-likeness (QED) is 0.631. The van der Waals surface area contributed by atoms with E-state index >= 15 is 0 Å². The van der Waals surface area contributed by atoms with Crippen molar-refractivity contribution in [3.63, 3.8) is 0 Å². The highest BCUT2D eigenvalue weighted by Crippen LogP contribution is 2.31. The molecule has 0 aliphatic rings. The molecule has 23 heavy (non-hydrogen) atoms. The summed E-state index contributed by atoms with van der Waals surface area (Å²) < 4.78 is 2.13. The van der Waals surface area contributed by atoms with Gasteiger partial charge in [-0.15, -0.1) is 11.3 Å². The van der Waals surface area contributed by atoms with Gasteiger partial charge in [-0.1, -0.05) is 40.2 Å². The van der Waals surface area contributed by atoms with E-state index in [1.807, 2.05) is 54.6 Å². The van der Waals surface area contributed by atoms with E-state index < -0.39 is 5.97 Å². The first-order chi connectivity index (χ1) is 11.1. The fourth-order valence-corrected chi connectivity index (χ4v) is 3.53. The van der Waals surface area contributed by atoms with Crippen LogP contribution in [0.4, 0.5) is 0 Å². The number of nitrogens with zero attached hydrogens (tertiary/aromatic N) is 1. The van der Waals surface area contributed by atoms with Crippen molar-refractivity contribution >= 4 is 55.1 Å². The van der Waals surface area contributed by atoms with E-state index in [4.69, 9.17) is 5.11 Å². The molecule has 2 aromatic carbocycles. The third-order valence-corrected chi connectivity index (χ3v) is 5.03. The number of allylic oxidation sites excluding steroid dienone is 1. The van der Waals surface area contributed by atoms with Crippen LogP contribution in [0.1, 0.15) is 23.4 Å². The number of fused-ring (bicyclic) bond motifs is 1. The Kier molecular flexibility index (Phi) is 4.88. The Morgan fingerprint density at radius 1 is 1.13 bits per heavy atom. The molecule has 1 heterocycles. The molecule has 3 aromatic rings. The number of carboxylic acid groups (broad SMARTS) is 1. The molecule has 0 amide bonds. The molecule has 3 nitrogen and oxygen atoms in total. The monoisotopic (exact) mass is 387 g/mol. The summed E-state index contributed by atoms with van der Waals surface area (Å²) in [4.78, 5) is 15.6. The largest absolute Gasteiger partial charge is 0.481 e. The van der Waals surface area contributed by atoms with Gasteiger partial charge in [-0.2, -0.15) is 0 Å². The van der Waals surface area contributed by atoms with E-state index in [0.29, 0.717) is 6.42 Å². The standard InChI is InChI=1S/C18H14BrNO2S/c19-14-8-5-12(6-9-14)11-13(7-10-17(21)22)18-20-15-3-1-2-4-16(15)23-18/h1-6,8-9,11H,7,10H2,(H,21,22)/b13-11-. The van der Waals surface area contributed by atoms with Crippen LogP contribution in [0.2, 0.25) is 0 Å². The van der Waals surface area contributed by atoms with Crippen molar-refractivity contribution in [2.24, 2.45) is 0 Å². The lowest BCUT2D eigenvalue weighted by molar-refractivity contribution is -0.136. The lowest BCUT2D eigenvalue weighted by Gasteiger charge is -2.03. The van der Waals surface area contributed by atoms with Crippen molar-refractivity contribution in [3.8, 4) is 0 Å². The van der Waals surface area contributed by atoms with E-state index in [9.17, 15) is 4.79 Å². The fourth-order valence-electron chi connectivity index (χ4n) is 2.25. The molecule has 0 saturated carbocycles. The Bertz CT molecular complexity index is 835. The van der Waals surface area contributed by atoms with Crippen LogP contribution in [0, 0.1) is 0 Å². The van der Waals surface area contributed by atoms with Crippen molar-refractivity contribution in [2.75, 3.05) is 0 Å². The van der Waals surface area contributed by atoms with Crippen LogP contribution in [0.5, 0.6) is 0 Å². The Morgan fingerprint density at radius 2 is 1.87 bits per heavy atom. The van der Waals surface area contributed by atoms with E-state index in [1.54, 1.807) is 11.3 Å². The SMILES string of the molecule is O=C(O)CC/C(=C/c1ccc(Br)cc1)c1nc2ccccc2s1. The number of para-hydroxylation sites is 1. The van der Waals surface area contributed by atoms with Gasteiger partial charge in [-0.25, -0.2) is 4.98 Å². The highest BCUT2D eigenvalue weighted by atomic mass is 79.9. The first kappa shape index (κ1) is 15.9. The van der Waals surface area contributed by atoms with Crippen LogP contribution in [-0.4, -0.2) is 16.1 Å². The van der Waals surface area contributed by atoms with Crippen molar-refractivity contribution in [3.05, 3.63) is 63.6 Å². The average Bonchev–Trinajstić information content (AvgIpc) is 2.97. The highest BCUT2D eigenvalue weighted by molar-refractivity contribution is 9.10. The molecule has 0 atom stereocenters. The van der Waals surface area contributed by atoms with Gasteiger partial charge in [0.25, 0.3) is 0 Å². The maximum Gasteiger partial charge on any atom is 0.303 e. The Morgan fingerprint density at radius 3 is 2.57 bits per heavy atom. The van der Waals surface area contributed by atoms with Crippen molar-refractivity contribution in [1.29, 1.82) is 0 Å². The van der Waals surface area contributed by atoms with Gasteiger partial charge >= 0.3 is 5.97 Å². The number of aliphatic carboxylic acids is 1. The maximum absolute atomic E-state index is 11.0. The molecule has 1 aromatic heterocycles. The number of hydrogen-bond donors (Lipinski definition) is 1. The Hall–Kier alpha value is -1.98. The number of rotatable bonds is 5. The molecule has 0 unspecified atom stereocenters. The van der Waals surface area contributed by atoms with Crippen molar-refractivity contribution in [2.45, 2.75) is 12.8 Å². The van der Waals surface area contributed by atoms with E-state index in [-0.39, 0.29) is 6.42 Å². The second-order valence-electron chi connectivity index (χ2n) is 5.10. The van der Waals surface area contributed by atoms with Gasteiger partial charge in [-0.05, 0) is 47.9 Å². The predicted molar refractivity (Wildman–Crippen MR) is 98.5 cm³/mol. The number of carbonyl (C=O) groups is 1. The molecule has 1 N–H and O–H groups in total. The normalized spacial score (nSPS) is 11.8. The topological polar surface area (TPSA) is 50.2 Å². The number of halogens is 1. The van der Waals surface area contributed by atoms with E-state index in [2.05, 4.69) is 20.9 Å². The van der Waals surface area contributed by atoms with Crippen molar-refractivity contribution < 1.29 is 9.90 Å². The summed E-state index contributed by atoms with van der Waals surface area (Å²) >= 11 is 5.02. The molecule has 0 fully saturated rings. The van der Waals surface area contributed by atoms with Gasteiger partial charge < -0.3 is 5.11 Å². The first-order valence-electron chi connectivity index (χ1n) is 7.16. The smallest absolute Gasteiger partial charge is 0.303 e. The van der Waals surface area contributed by atoms with Crippen LogP contribution in [0.3, 0.4) is 0 Å². The third-order valence-electron chi connectivity index (χ3n) is 3.39. The number of carboxylic acids is 1.